The molecule has 22 heavy (non-hydrogen) atoms. The Morgan fingerprint density at radius 1 is 1.36 bits per heavy atom. The second kappa shape index (κ2) is 7.46. The molecule has 1 rings (SSSR count). The van der Waals surface area contributed by atoms with E-state index in [2.05, 4.69) is 0 Å². The van der Waals surface area contributed by atoms with Gasteiger partial charge in [-0.15, -0.1) is 0 Å². The summed E-state index contributed by atoms with van der Waals surface area (Å²) in [6, 6.07) is 4.62. The summed E-state index contributed by atoms with van der Waals surface area (Å²) >= 11 is 2.00. The maximum absolute atomic E-state index is 12.0. The van der Waals surface area contributed by atoms with E-state index >= 15 is 0 Å². The van der Waals surface area contributed by atoms with Crippen molar-refractivity contribution in [2.45, 2.75) is 5.51 Å². The number of carbonyl (C=O) groups excluding carboxylic acids is 1. The van der Waals surface area contributed by atoms with Gasteiger partial charge >= 0.3 is 21.5 Å². The molecule has 0 amide bonds. The van der Waals surface area contributed by atoms with Gasteiger partial charge in [-0.2, -0.15) is 13.2 Å². The molecule has 0 aliphatic rings. The highest BCUT2D eigenvalue weighted by Crippen LogP contribution is 2.22. The van der Waals surface area contributed by atoms with Crippen molar-refractivity contribution < 1.29 is 35.9 Å². The summed E-state index contributed by atoms with van der Waals surface area (Å²) < 4.78 is 69.3. The minimum atomic E-state index is -5.45. The number of rotatable bonds is 6. The predicted molar refractivity (Wildman–Crippen MR) is 79.0 cm³/mol. The van der Waals surface area contributed by atoms with Gasteiger partial charge in [0.1, 0.15) is 17.9 Å². The van der Waals surface area contributed by atoms with Gasteiger partial charge in [0.15, 0.2) is 0 Å². The minimum absolute atomic E-state index is 0.0848. The smallest absolute Gasteiger partial charge is 0.496 e. The topological polar surface area (TPSA) is 81.7 Å². The second-order valence-electron chi connectivity index (χ2n) is 3.82. The van der Waals surface area contributed by atoms with Gasteiger partial charge < -0.3 is 9.47 Å². The van der Waals surface area contributed by atoms with Gasteiger partial charge in [0, 0.05) is 10.1 Å². The zero-order chi connectivity index (χ0) is 17.0. The third-order valence-corrected chi connectivity index (χ3v) is 4.18. The van der Waals surface area contributed by atoms with Crippen LogP contribution in [0.15, 0.2) is 18.2 Å². The van der Waals surface area contributed by atoms with Crippen molar-refractivity contribution in [3.05, 3.63) is 27.3 Å². The maximum Gasteiger partial charge on any atom is 0.511 e. The number of methoxy groups -OCH3 is 1. The lowest BCUT2D eigenvalue weighted by Gasteiger charge is -2.11. The first-order valence-corrected chi connectivity index (χ1v) is 8.21. The van der Waals surface area contributed by atoms with Gasteiger partial charge in [-0.05, 0) is 40.8 Å². The Morgan fingerprint density at radius 3 is 2.55 bits per heavy atom. The second-order valence-corrected chi connectivity index (χ2v) is 6.83. The van der Waals surface area contributed by atoms with Crippen LogP contribution in [0.5, 0.6) is 5.75 Å². The highest BCUT2D eigenvalue weighted by Gasteiger charge is 2.45. The highest BCUT2D eigenvalue weighted by atomic mass is 127. The van der Waals surface area contributed by atoms with Crippen molar-refractivity contribution in [3.63, 3.8) is 0 Å². The van der Waals surface area contributed by atoms with E-state index in [9.17, 15) is 26.4 Å². The molecule has 0 radical (unpaired) electrons. The number of hydrogen-bond acceptors (Lipinski definition) is 5. The van der Waals surface area contributed by atoms with E-state index in [0.717, 1.165) is 3.57 Å². The zero-order valence-corrected chi connectivity index (χ0v) is 14.1. The molecule has 0 fully saturated rings. The average molecular weight is 453 g/mol. The SMILES string of the molecule is COc1cc(I)ccc1C(=O)OCCNS(=O)(=O)C(F)(F)F. The molecule has 6 nitrogen and oxygen atoms in total. The molecular weight excluding hydrogens is 442 g/mol. The lowest BCUT2D eigenvalue weighted by atomic mass is 10.2. The van der Waals surface area contributed by atoms with E-state index in [-0.39, 0.29) is 11.3 Å². The summed E-state index contributed by atoms with van der Waals surface area (Å²) in [5, 5.41) is 0. The molecule has 0 atom stereocenters. The summed E-state index contributed by atoms with van der Waals surface area (Å²) in [6.45, 7) is -1.25. The fraction of sp³-hybridized carbons (Fsp3) is 0.364. The maximum atomic E-state index is 12.0. The molecule has 11 heteroatoms. The quantitative estimate of drug-likeness (QED) is 0.405. The molecule has 0 saturated carbocycles. The number of alkyl halides is 3. The van der Waals surface area contributed by atoms with Gasteiger partial charge in [0.2, 0.25) is 0 Å². The molecule has 0 aromatic heterocycles. The fourth-order valence-electron chi connectivity index (χ4n) is 1.31. The summed E-state index contributed by atoms with van der Waals surface area (Å²) in [5.74, 6) is -0.591. The predicted octanol–water partition coefficient (Wildman–Crippen LogP) is 1.90. The molecule has 0 aliphatic carbocycles. The Hall–Kier alpha value is -1.08. The van der Waals surface area contributed by atoms with Crippen molar-refractivity contribution in [1.29, 1.82) is 0 Å². The van der Waals surface area contributed by atoms with Crippen LogP contribution in [0.3, 0.4) is 0 Å². The van der Waals surface area contributed by atoms with Gasteiger partial charge in [0.25, 0.3) is 0 Å². The lowest BCUT2D eigenvalue weighted by Crippen LogP contribution is -2.38. The van der Waals surface area contributed by atoms with Crippen LogP contribution in [0.1, 0.15) is 10.4 Å². The Bertz CT molecular complexity index is 648. The first kappa shape index (κ1) is 19.0. The van der Waals surface area contributed by atoms with Crippen molar-refractivity contribution in [2.75, 3.05) is 20.3 Å². The molecular formula is C11H11F3INO5S. The number of benzene rings is 1. The van der Waals surface area contributed by atoms with Crippen LogP contribution < -0.4 is 9.46 Å². The molecule has 0 bridgehead atoms. The Morgan fingerprint density at radius 2 is 2.00 bits per heavy atom. The first-order valence-electron chi connectivity index (χ1n) is 5.65. The van der Waals surface area contributed by atoms with Crippen LogP contribution >= 0.6 is 22.6 Å². The van der Waals surface area contributed by atoms with Crippen LogP contribution in [0, 0.1) is 3.57 Å². The number of esters is 1. The molecule has 124 valence electrons. The third kappa shape index (κ3) is 4.98. The molecule has 1 N–H and O–H groups in total. The summed E-state index contributed by atoms with van der Waals surface area (Å²) in [7, 11) is -4.10. The van der Waals surface area contributed by atoms with E-state index in [1.54, 1.807) is 12.1 Å². The molecule has 0 saturated heterocycles. The minimum Gasteiger partial charge on any atom is -0.496 e. The van der Waals surface area contributed by atoms with E-state index in [1.165, 1.54) is 17.9 Å². The van der Waals surface area contributed by atoms with Crippen molar-refractivity contribution in [1.82, 2.24) is 4.72 Å². The average Bonchev–Trinajstić information content (AvgIpc) is 2.41. The summed E-state index contributed by atoms with van der Waals surface area (Å²) in [4.78, 5) is 11.8. The number of ether oxygens (including phenoxy) is 2. The zero-order valence-electron chi connectivity index (χ0n) is 11.1. The summed E-state index contributed by atoms with van der Waals surface area (Å²) in [6.07, 6.45) is 0. The number of nitrogens with one attached hydrogen (secondary N) is 1. The lowest BCUT2D eigenvalue weighted by molar-refractivity contribution is -0.0448. The van der Waals surface area contributed by atoms with Crippen LogP contribution in [0.2, 0.25) is 0 Å². The standard InChI is InChI=1S/C11H11F3INO5S/c1-20-9-6-7(15)2-3-8(9)10(17)21-5-4-16-22(18,19)11(12,13)14/h2-3,6,16H,4-5H2,1H3. The van der Waals surface area contributed by atoms with Crippen LogP contribution in [-0.2, 0) is 14.8 Å². The molecule has 1 aromatic carbocycles. The molecule has 0 heterocycles. The molecule has 0 unspecified atom stereocenters. The first-order chi connectivity index (χ1) is 10.1. The van der Waals surface area contributed by atoms with Crippen molar-refractivity contribution >= 4 is 38.6 Å². The van der Waals surface area contributed by atoms with E-state index in [1.807, 2.05) is 22.6 Å². The van der Waals surface area contributed by atoms with E-state index < -0.39 is 34.7 Å². The normalized spacial score (nSPS) is 12.0. The molecule has 1 aromatic rings. The van der Waals surface area contributed by atoms with Gasteiger partial charge in [-0.3, -0.25) is 0 Å². The number of hydrogen-bond donors (Lipinski definition) is 1. The Kier molecular flexibility index (Phi) is 6.43. The summed E-state index contributed by atoms with van der Waals surface area (Å²) in [5.41, 5.74) is -5.32. The third-order valence-electron chi connectivity index (χ3n) is 2.32. The molecule has 0 spiro atoms. The van der Waals surface area contributed by atoms with E-state index in [0.29, 0.717) is 0 Å². The monoisotopic (exact) mass is 453 g/mol. The van der Waals surface area contributed by atoms with Gasteiger partial charge in [0.05, 0.1) is 7.11 Å². The Labute approximate surface area is 138 Å². The molecule has 0 aliphatic heterocycles. The van der Waals surface area contributed by atoms with E-state index in [4.69, 9.17) is 9.47 Å². The van der Waals surface area contributed by atoms with Crippen molar-refractivity contribution in [3.8, 4) is 5.75 Å². The van der Waals surface area contributed by atoms with Crippen LogP contribution in [0.25, 0.3) is 0 Å². The fourth-order valence-corrected chi connectivity index (χ4v) is 2.29. The van der Waals surface area contributed by atoms with Crippen molar-refractivity contribution in [2.24, 2.45) is 0 Å². The van der Waals surface area contributed by atoms with Gasteiger partial charge in [-0.1, -0.05) is 0 Å². The van der Waals surface area contributed by atoms with Crippen LogP contribution in [0.4, 0.5) is 13.2 Å². The van der Waals surface area contributed by atoms with Gasteiger partial charge in [-0.25, -0.2) is 17.9 Å². The largest absolute Gasteiger partial charge is 0.511 e. The number of halogens is 4. The number of carbonyl (C=O) groups is 1. The Balaban J connectivity index is 2.58. The van der Waals surface area contributed by atoms with Crippen LogP contribution in [-0.4, -0.2) is 40.2 Å². The highest BCUT2D eigenvalue weighted by molar-refractivity contribution is 14.1. The number of sulfonamides is 1.